The molecule has 2 aromatic carbocycles. The van der Waals surface area contributed by atoms with Crippen molar-refractivity contribution >= 4 is 21.5 Å². The lowest BCUT2D eigenvalue weighted by molar-refractivity contribution is 0.148. The fourth-order valence-corrected chi connectivity index (χ4v) is 7.85. The molecule has 1 saturated heterocycles. The van der Waals surface area contributed by atoms with E-state index in [1.807, 2.05) is 6.07 Å². The lowest BCUT2D eigenvalue weighted by Gasteiger charge is -2.39. The molecule has 0 amide bonds. The van der Waals surface area contributed by atoms with Crippen molar-refractivity contribution in [3.63, 3.8) is 0 Å². The van der Waals surface area contributed by atoms with Gasteiger partial charge in [0, 0.05) is 31.2 Å². The van der Waals surface area contributed by atoms with E-state index in [1.165, 1.54) is 31.0 Å². The second-order valence-electron chi connectivity index (χ2n) is 11.5. The van der Waals surface area contributed by atoms with Gasteiger partial charge in [-0.1, -0.05) is 48.5 Å². The van der Waals surface area contributed by atoms with Crippen LogP contribution < -0.4 is 14.4 Å². The van der Waals surface area contributed by atoms with Gasteiger partial charge >= 0.3 is 0 Å². The molecule has 1 aliphatic heterocycles. The Hall–Kier alpha value is -4.09. The zero-order valence-electron chi connectivity index (χ0n) is 24.7. The number of pyridine rings is 2. The van der Waals surface area contributed by atoms with Crippen LogP contribution in [0, 0.1) is 30.5 Å². The van der Waals surface area contributed by atoms with Gasteiger partial charge in [-0.15, -0.1) is 0 Å². The lowest BCUT2D eigenvalue weighted by Crippen LogP contribution is -2.47. The number of rotatable bonds is 10. The number of benzene rings is 2. The Balaban J connectivity index is 1.24. The van der Waals surface area contributed by atoms with Crippen molar-refractivity contribution in [1.82, 2.24) is 14.9 Å². The van der Waals surface area contributed by atoms with Crippen LogP contribution in [0.5, 0.6) is 5.75 Å². The Morgan fingerprint density at radius 2 is 1.66 bits per heavy atom. The van der Waals surface area contributed by atoms with Crippen LogP contribution in [-0.4, -0.2) is 49.5 Å². The number of hydrogen-bond donors (Lipinski definition) is 1. The van der Waals surface area contributed by atoms with Gasteiger partial charge in [0.25, 0.3) is 10.0 Å². The molecule has 2 aromatic heterocycles. The number of nitrogens with zero attached hydrogens (tertiary/aromatic N) is 4. The summed E-state index contributed by atoms with van der Waals surface area (Å²) < 4.78 is 64.1. The molecule has 11 heteroatoms. The minimum absolute atomic E-state index is 0.146. The molecule has 0 radical (unpaired) electrons. The summed E-state index contributed by atoms with van der Waals surface area (Å²) in [5.74, 6) is -0.606. The first-order valence-corrected chi connectivity index (χ1v) is 16.1. The Kier molecular flexibility index (Phi) is 8.50. The van der Waals surface area contributed by atoms with Crippen molar-refractivity contribution in [2.45, 2.75) is 43.9 Å². The van der Waals surface area contributed by atoms with Gasteiger partial charge in [-0.05, 0) is 67.0 Å². The first-order chi connectivity index (χ1) is 21.2. The maximum Gasteiger partial charge on any atom is 0.286 e. The van der Waals surface area contributed by atoms with Gasteiger partial charge in [0.15, 0.2) is 5.82 Å². The molecule has 1 aliphatic carbocycles. The van der Waals surface area contributed by atoms with Crippen LogP contribution in [0.1, 0.15) is 29.5 Å². The molecule has 4 aromatic rings. The lowest BCUT2D eigenvalue weighted by atomic mass is 9.91. The summed E-state index contributed by atoms with van der Waals surface area (Å²) in [6.45, 7) is 4.11. The molecule has 44 heavy (non-hydrogen) atoms. The maximum atomic E-state index is 16.0. The summed E-state index contributed by atoms with van der Waals surface area (Å²) in [6.07, 6.45) is 3.55. The third-order valence-corrected chi connectivity index (χ3v) is 10.4. The van der Waals surface area contributed by atoms with Crippen LogP contribution in [0.2, 0.25) is 0 Å². The molecule has 6 rings (SSSR count). The van der Waals surface area contributed by atoms with E-state index in [4.69, 9.17) is 4.74 Å². The van der Waals surface area contributed by atoms with Crippen LogP contribution in [-0.2, 0) is 23.1 Å². The summed E-state index contributed by atoms with van der Waals surface area (Å²) in [5.41, 5.74) is 2.50. The summed E-state index contributed by atoms with van der Waals surface area (Å²) in [5, 5.41) is 2.79. The number of methoxy groups -OCH3 is 1. The molecule has 1 N–H and O–H groups in total. The third kappa shape index (κ3) is 6.11. The smallest absolute Gasteiger partial charge is 0.286 e. The van der Waals surface area contributed by atoms with Crippen molar-refractivity contribution in [3.8, 4) is 5.75 Å². The number of piperidine rings is 1. The Morgan fingerprint density at radius 3 is 2.32 bits per heavy atom. The van der Waals surface area contributed by atoms with Gasteiger partial charge in [-0.2, -0.15) is 12.8 Å². The third-order valence-electron chi connectivity index (χ3n) is 8.69. The average Bonchev–Trinajstić information content (AvgIpc) is 3.25. The number of hydrogen-bond acceptors (Lipinski definition) is 7. The van der Waals surface area contributed by atoms with Crippen LogP contribution in [0.25, 0.3) is 0 Å². The maximum absolute atomic E-state index is 16.0. The molecule has 8 nitrogen and oxygen atoms in total. The molecule has 2 fully saturated rings. The largest absolute Gasteiger partial charge is 0.497 e. The summed E-state index contributed by atoms with van der Waals surface area (Å²) >= 11 is 0. The van der Waals surface area contributed by atoms with E-state index in [0.717, 1.165) is 42.8 Å². The minimum atomic E-state index is -4.58. The molecule has 1 saturated carbocycles. The number of anilines is 2. The van der Waals surface area contributed by atoms with Crippen molar-refractivity contribution in [1.29, 1.82) is 0 Å². The van der Waals surface area contributed by atoms with Crippen LogP contribution in [0.15, 0.2) is 84.0 Å². The normalized spacial score (nSPS) is 20.0. The fourth-order valence-electron chi connectivity index (χ4n) is 6.41. The van der Waals surface area contributed by atoms with Gasteiger partial charge in [0.2, 0.25) is 11.0 Å². The number of sulfonamides is 1. The van der Waals surface area contributed by atoms with Gasteiger partial charge in [-0.3, -0.25) is 4.90 Å². The van der Waals surface area contributed by atoms with E-state index in [-0.39, 0.29) is 24.0 Å². The van der Waals surface area contributed by atoms with Crippen LogP contribution in [0.3, 0.4) is 0 Å². The van der Waals surface area contributed by atoms with Crippen LogP contribution in [0.4, 0.5) is 20.3 Å². The zero-order valence-corrected chi connectivity index (χ0v) is 25.5. The highest BCUT2D eigenvalue weighted by atomic mass is 32.2. The molecule has 3 atom stereocenters. The number of nitrogens with one attached hydrogen (secondary N) is 1. The van der Waals surface area contributed by atoms with Crippen molar-refractivity contribution in [2.75, 3.05) is 29.8 Å². The molecule has 3 heterocycles. The quantitative estimate of drug-likeness (QED) is 0.225. The predicted molar refractivity (Wildman–Crippen MR) is 165 cm³/mol. The topological polar surface area (TPSA) is 87.7 Å². The molecular weight excluding hydrogens is 584 g/mol. The number of ether oxygens (including phenoxy) is 1. The first kappa shape index (κ1) is 30.0. The highest BCUT2D eigenvalue weighted by Gasteiger charge is 2.42. The molecule has 2 aliphatic rings. The summed E-state index contributed by atoms with van der Waals surface area (Å²) in [7, 11) is -3.06. The molecule has 0 unspecified atom stereocenters. The summed E-state index contributed by atoms with van der Waals surface area (Å²) in [6, 6.07) is 21.1. The zero-order chi connectivity index (χ0) is 30.8. The van der Waals surface area contributed by atoms with E-state index in [9.17, 15) is 12.8 Å². The highest BCUT2D eigenvalue weighted by molar-refractivity contribution is 7.92. The monoisotopic (exact) mass is 619 g/mol. The highest BCUT2D eigenvalue weighted by Crippen LogP contribution is 2.40. The van der Waals surface area contributed by atoms with Crippen LogP contribution >= 0.6 is 0 Å². The van der Waals surface area contributed by atoms with Crippen molar-refractivity contribution in [3.05, 3.63) is 107 Å². The van der Waals surface area contributed by atoms with E-state index in [1.54, 1.807) is 31.2 Å². The van der Waals surface area contributed by atoms with Gasteiger partial charge < -0.3 is 10.1 Å². The van der Waals surface area contributed by atoms with Crippen molar-refractivity contribution < 1.29 is 21.9 Å². The second kappa shape index (κ2) is 12.5. The minimum Gasteiger partial charge on any atom is -0.497 e. The molecule has 230 valence electrons. The van der Waals surface area contributed by atoms with Gasteiger partial charge in [-0.25, -0.2) is 18.7 Å². The number of halogens is 2. The Labute approximate surface area is 256 Å². The average molecular weight is 620 g/mol. The number of likely N-dealkylation sites (tertiary alicyclic amines) is 1. The Morgan fingerprint density at radius 1 is 0.955 bits per heavy atom. The van der Waals surface area contributed by atoms with E-state index in [0.29, 0.717) is 28.8 Å². The fraction of sp³-hybridized carbons (Fsp3) is 0.333. The standard InChI is InChI=1S/C33H35F2N5O3S/c1-22-28(37-32-25-13-14-26(32)21-39(20-25)18-23-7-4-3-5-8-23)17-36-33(31(22)35)44(41,42)40(30-10-6-9-29(34)38-30)19-24-11-15-27(43-2)16-12-24/h3-12,15-17,25-26,32,37H,13-14,18-21H2,1-2H3/t25-,26+,32+. The predicted octanol–water partition coefficient (Wildman–Crippen LogP) is 5.79. The van der Waals surface area contributed by atoms with Crippen molar-refractivity contribution in [2.24, 2.45) is 11.8 Å². The molecule has 2 bridgehead atoms. The molecule has 0 spiro atoms. The van der Waals surface area contributed by atoms with Gasteiger partial charge in [0.1, 0.15) is 11.6 Å². The van der Waals surface area contributed by atoms with Gasteiger partial charge in [0.05, 0.1) is 25.5 Å². The second-order valence-corrected chi connectivity index (χ2v) is 13.3. The van der Waals surface area contributed by atoms with E-state index in [2.05, 4.69) is 44.5 Å². The summed E-state index contributed by atoms with van der Waals surface area (Å²) in [4.78, 5) is 10.4. The SMILES string of the molecule is COc1ccc(CN(c2cccc(F)n2)S(=O)(=O)c2ncc(N[C@H]3[C@@H]4CC[C@H]3CN(Cc3ccccc3)C4)c(C)c2F)cc1. The number of fused-ring (bicyclic) bond motifs is 2. The van der Waals surface area contributed by atoms with E-state index < -0.39 is 26.8 Å². The number of aromatic nitrogens is 2. The molecular formula is C33H35F2N5O3S. The Bertz CT molecular complexity index is 1710. The van der Waals surface area contributed by atoms with E-state index >= 15 is 4.39 Å². The first-order valence-electron chi connectivity index (χ1n) is 14.7.